The summed E-state index contributed by atoms with van der Waals surface area (Å²) in [6, 6.07) is 0.0827. The average Bonchev–Trinajstić information content (AvgIpc) is 2.93. The van der Waals surface area contributed by atoms with Crippen molar-refractivity contribution >= 4 is 5.97 Å². The first-order chi connectivity index (χ1) is 9.66. The van der Waals surface area contributed by atoms with E-state index in [2.05, 4.69) is 10.3 Å². The van der Waals surface area contributed by atoms with E-state index < -0.39 is 5.97 Å². The Bertz CT molecular complexity index is 493. The summed E-state index contributed by atoms with van der Waals surface area (Å²) >= 11 is 0. The highest BCUT2D eigenvalue weighted by Gasteiger charge is 2.16. The predicted molar refractivity (Wildman–Crippen MR) is 76.1 cm³/mol. The molecule has 0 radical (unpaired) electrons. The maximum Gasteiger partial charge on any atom is 0.335 e. The van der Waals surface area contributed by atoms with E-state index in [0.717, 1.165) is 26.1 Å². The van der Waals surface area contributed by atoms with Crippen LogP contribution in [0.4, 0.5) is 0 Å². The highest BCUT2D eigenvalue weighted by Crippen LogP contribution is 2.11. The van der Waals surface area contributed by atoms with Gasteiger partial charge in [-0.25, -0.2) is 9.78 Å². The van der Waals surface area contributed by atoms with E-state index in [1.54, 1.807) is 24.5 Å². The van der Waals surface area contributed by atoms with Crippen molar-refractivity contribution in [1.82, 2.24) is 19.8 Å². The first-order valence-corrected chi connectivity index (χ1v) is 6.68. The van der Waals surface area contributed by atoms with Crippen molar-refractivity contribution in [3.63, 3.8) is 0 Å². The quantitative estimate of drug-likeness (QED) is 0.717. The van der Waals surface area contributed by atoms with Crippen molar-refractivity contribution in [2.24, 2.45) is 0 Å². The van der Waals surface area contributed by atoms with Crippen LogP contribution in [-0.2, 0) is 11.3 Å². The Morgan fingerprint density at radius 2 is 2.40 bits per heavy atom. The maximum atomic E-state index is 10.9. The smallest absolute Gasteiger partial charge is 0.335 e. The normalized spacial score (nSPS) is 18.1. The van der Waals surface area contributed by atoms with Crippen LogP contribution in [0.15, 0.2) is 42.6 Å². The van der Waals surface area contributed by atoms with E-state index in [0.29, 0.717) is 5.57 Å². The Labute approximate surface area is 118 Å². The number of carboxylic acid groups (broad SMARTS) is 1. The molecule has 1 unspecified atom stereocenters. The van der Waals surface area contributed by atoms with Crippen molar-refractivity contribution in [1.29, 1.82) is 0 Å². The number of nitrogens with one attached hydrogen (secondary N) is 1. The monoisotopic (exact) mass is 276 g/mol. The second kappa shape index (κ2) is 6.91. The molecule has 1 aromatic heterocycles. The molecule has 0 fully saturated rings. The van der Waals surface area contributed by atoms with Gasteiger partial charge in [0, 0.05) is 38.7 Å². The summed E-state index contributed by atoms with van der Waals surface area (Å²) in [6.07, 6.45) is 11.8. The molecule has 1 aromatic rings. The number of aliphatic carboxylic acids is 1. The minimum Gasteiger partial charge on any atom is -0.478 e. The minimum atomic E-state index is -0.876. The molecular weight excluding hydrogens is 256 g/mol. The number of carboxylic acids is 1. The topological polar surface area (TPSA) is 70.4 Å². The summed E-state index contributed by atoms with van der Waals surface area (Å²) in [4.78, 5) is 17.0. The Morgan fingerprint density at radius 3 is 3.10 bits per heavy atom. The number of rotatable bonds is 7. The van der Waals surface area contributed by atoms with E-state index in [1.807, 2.05) is 29.0 Å². The summed E-state index contributed by atoms with van der Waals surface area (Å²) in [5.41, 5.74) is 0.355. The standard InChI is InChI=1S/C14H20N4O2/c1-17-7-3-12(14(19)20)9-13(17)10-15-4-2-6-18-8-5-16-11-18/h3,5,7-9,11,13,15H,2,4,6,10H2,1H3,(H,19,20). The number of nitrogens with zero attached hydrogens (tertiary/aromatic N) is 3. The molecule has 1 aliphatic rings. The fraction of sp³-hybridized carbons (Fsp3) is 0.429. The van der Waals surface area contributed by atoms with Crippen LogP contribution in [0, 0.1) is 0 Å². The number of aryl methyl sites for hydroxylation is 1. The zero-order valence-electron chi connectivity index (χ0n) is 11.6. The lowest BCUT2D eigenvalue weighted by Crippen LogP contribution is -2.38. The molecule has 0 aliphatic carbocycles. The Balaban J connectivity index is 1.70. The zero-order valence-corrected chi connectivity index (χ0v) is 11.6. The lowest BCUT2D eigenvalue weighted by molar-refractivity contribution is -0.132. The first-order valence-electron chi connectivity index (χ1n) is 6.68. The van der Waals surface area contributed by atoms with Crippen molar-refractivity contribution in [2.45, 2.75) is 19.0 Å². The highest BCUT2D eigenvalue weighted by atomic mass is 16.4. The van der Waals surface area contributed by atoms with Crippen molar-refractivity contribution in [3.05, 3.63) is 42.6 Å². The molecule has 108 valence electrons. The van der Waals surface area contributed by atoms with Crippen LogP contribution in [-0.4, -0.2) is 51.7 Å². The summed E-state index contributed by atoms with van der Waals surface area (Å²) in [6.45, 7) is 2.56. The van der Waals surface area contributed by atoms with Gasteiger partial charge in [-0.1, -0.05) is 0 Å². The number of likely N-dealkylation sites (N-methyl/N-ethyl adjacent to an activating group) is 1. The number of hydrogen-bond acceptors (Lipinski definition) is 4. The molecule has 1 aliphatic heterocycles. The molecule has 6 nitrogen and oxygen atoms in total. The van der Waals surface area contributed by atoms with Gasteiger partial charge in [0.05, 0.1) is 17.9 Å². The van der Waals surface area contributed by atoms with Crippen molar-refractivity contribution in [3.8, 4) is 0 Å². The Hall–Kier alpha value is -2.08. The number of carbonyl (C=O) groups is 1. The number of hydrogen-bond donors (Lipinski definition) is 2. The van der Waals surface area contributed by atoms with E-state index in [-0.39, 0.29) is 6.04 Å². The number of imidazole rings is 1. The van der Waals surface area contributed by atoms with Gasteiger partial charge in [-0.3, -0.25) is 0 Å². The SMILES string of the molecule is CN1C=CC(C(=O)O)=CC1CNCCCn1ccnc1. The molecule has 2 rings (SSSR count). The van der Waals surface area contributed by atoms with Gasteiger partial charge in [0.15, 0.2) is 0 Å². The third-order valence-electron chi connectivity index (χ3n) is 3.31. The molecule has 1 atom stereocenters. The lowest BCUT2D eigenvalue weighted by atomic mass is 10.1. The van der Waals surface area contributed by atoms with Gasteiger partial charge in [0.25, 0.3) is 0 Å². The van der Waals surface area contributed by atoms with Crippen LogP contribution in [0.5, 0.6) is 0 Å². The summed E-state index contributed by atoms with van der Waals surface area (Å²) < 4.78 is 2.04. The third kappa shape index (κ3) is 3.96. The van der Waals surface area contributed by atoms with Gasteiger partial charge in [0.2, 0.25) is 0 Å². The molecule has 20 heavy (non-hydrogen) atoms. The summed E-state index contributed by atoms with van der Waals surface area (Å²) in [5.74, 6) is -0.876. The molecule has 0 bridgehead atoms. The van der Waals surface area contributed by atoms with Gasteiger partial charge in [-0.05, 0) is 25.1 Å². The van der Waals surface area contributed by atoms with Gasteiger partial charge in [-0.15, -0.1) is 0 Å². The zero-order chi connectivity index (χ0) is 14.4. The van der Waals surface area contributed by atoms with Crippen LogP contribution in [0.3, 0.4) is 0 Å². The molecule has 2 heterocycles. The van der Waals surface area contributed by atoms with Gasteiger partial charge in [-0.2, -0.15) is 0 Å². The van der Waals surface area contributed by atoms with E-state index in [4.69, 9.17) is 5.11 Å². The first kappa shape index (κ1) is 14.3. The van der Waals surface area contributed by atoms with Gasteiger partial charge in [0.1, 0.15) is 0 Å². The lowest BCUT2D eigenvalue weighted by Gasteiger charge is -2.27. The molecular formula is C14H20N4O2. The predicted octanol–water partition coefficient (Wildman–Crippen LogP) is 0.702. The maximum absolute atomic E-state index is 10.9. The molecule has 0 amide bonds. The summed E-state index contributed by atoms with van der Waals surface area (Å²) in [7, 11) is 1.95. The Morgan fingerprint density at radius 1 is 1.55 bits per heavy atom. The second-order valence-corrected chi connectivity index (χ2v) is 4.83. The van der Waals surface area contributed by atoms with E-state index in [1.165, 1.54) is 0 Å². The molecule has 0 aromatic carbocycles. The van der Waals surface area contributed by atoms with Gasteiger partial charge < -0.3 is 19.9 Å². The van der Waals surface area contributed by atoms with E-state index >= 15 is 0 Å². The van der Waals surface area contributed by atoms with Crippen molar-refractivity contribution in [2.75, 3.05) is 20.1 Å². The van der Waals surface area contributed by atoms with Gasteiger partial charge >= 0.3 is 5.97 Å². The molecule has 6 heteroatoms. The largest absolute Gasteiger partial charge is 0.478 e. The van der Waals surface area contributed by atoms with Crippen LogP contribution >= 0.6 is 0 Å². The molecule has 0 saturated heterocycles. The molecule has 2 N–H and O–H groups in total. The van der Waals surface area contributed by atoms with Crippen LogP contribution in [0.1, 0.15) is 6.42 Å². The second-order valence-electron chi connectivity index (χ2n) is 4.83. The van der Waals surface area contributed by atoms with Crippen LogP contribution in [0.2, 0.25) is 0 Å². The molecule has 0 spiro atoms. The summed E-state index contributed by atoms with van der Waals surface area (Å²) in [5, 5.41) is 12.4. The fourth-order valence-corrected chi connectivity index (χ4v) is 2.09. The fourth-order valence-electron chi connectivity index (χ4n) is 2.09. The van der Waals surface area contributed by atoms with Crippen LogP contribution < -0.4 is 5.32 Å². The average molecular weight is 276 g/mol. The van der Waals surface area contributed by atoms with Crippen molar-refractivity contribution < 1.29 is 9.90 Å². The number of aromatic nitrogens is 2. The molecule has 0 saturated carbocycles. The van der Waals surface area contributed by atoms with E-state index in [9.17, 15) is 4.79 Å². The highest BCUT2D eigenvalue weighted by molar-refractivity contribution is 5.90. The third-order valence-corrected chi connectivity index (χ3v) is 3.31. The minimum absolute atomic E-state index is 0.0827. The van der Waals surface area contributed by atoms with Crippen LogP contribution in [0.25, 0.3) is 0 Å². The Kier molecular flexibility index (Phi) is 4.95.